The monoisotopic (exact) mass is 616 g/mol. The van der Waals surface area contributed by atoms with Crippen LogP contribution in [0.4, 0.5) is 5.69 Å². The van der Waals surface area contributed by atoms with Gasteiger partial charge in [0.25, 0.3) is 15.9 Å². The molecule has 0 aliphatic rings. The molecule has 0 aliphatic heterocycles. The largest absolute Gasteiger partial charge is 0.316 e. The van der Waals surface area contributed by atoms with Gasteiger partial charge in [0.2, 0.25) is 0 Å². The van der Waals surface area contributed by atoms with Gasteiger partial charge in [-0.15, -0.1) is 0 Å². The summed E-state index contributed by atoms with van der Waals surface area (Å²) in [6.45, 7) is 7.14. The van der Waals surface area contributed by atoms with Crippen molar-refractivity contribution in [2.75, 3.05) is 10.8 Å². The van der Waals surface area contributed by atoms with Gasteiger partial charge in [-0.2, -0.15) is 5.10 Å². The molecule has 0 unspecified atom stereocenters. The van der Waals surface area contributed by atoms with E-state index in [1.54, 1.807) is 18.2 Å². The van der Waals surface area contributed by atoms with E-state index in [9.17, 15) is 13.2 Å². The summed E-state index contributed by atoms with van der Waals surface area (Å²) in [7, 11) is -4.08. The summed E-state index contributed by atoms with van der Waals surface area (Å²) in [6.07, 6.45) is 1.50. The fourth-order valence-electron chi connectivity index (χ4n) is 4.22. The first-order valence-electron chi connectivity index (χ1n) is 12.2. The zero-order chi connectivity index (χ0) is 29.2. The SMILES string of the molecule is Cc1ccc(N(CC(=O)N/N=C\c2cc(C)n(-c3cccc(Cl)c3Cl)c2C)S(=O)(=O)c2ccc(Cl)cc2)cc1C. The number of anilines is 1. The first-order chi connectivity index (χ1) is 18.9. The van der Waals surface area contributed by atoms with E-state index >= 15 is 0 Å². The lowest BCUT2D eigenvalue weighted by molar-refractivity contribution is -0.119. The van der Waals surface area contributed by atoms with Crippen LogP contribution >= 0.6 is 34.8 Å². The van der Waals surface area contributed by atoms with Gasteiger partial charge in [0.1, 0.15) is 6.54 Å². The molecule has 0 fully saturated rings. The number of amides is 1. The minimum absolute atomic E-state index is 0.0125. The van der Waals surface area contributed by atoms with Crippen molar-refractivity contribution in [3.8, 4) is 5.69 Å². The second-order valence-electron chi connectivity index (χ2n) is 9.26. The molecule has 11 heteroatoms. The molecule has 208 valence electrons. The minimum Gasteiger partial charge on any atom is -0.316 e. The number of benzene rings is 3. The molecule has 0 atom stereocenters. The Morgan fingerprint density at radius 2 is 1.65 bits per heavy atom. The zero-order valence-electron chi connectivity index (χ0n) is 22.2. The second kappa shape index (κ2) is 12.1. The highest BCUT2D eigenvalue weighted by Gasteiger charge is 2.27. The number of carbonyl (C=O) groups excluding carboxylic acids is 1. The van der Waals surface area contributed by atoms with E-state index in [-0.39, 0.29) is 4.90 Å². The summed E-state index contributed by atoms with van der Waals surface area (Å²) in [5.74, 6) is -0.612. The van der Waals surface area contributed by atoms with Crippen LogP contribution in [0.3, 0.4) is 0 Å². The molecule has 0 aliphatic carbocycles. The van der Waals surface area contributed by atoms with Gasteiger partial charge in [-0.05, 0) is 93.4 Å². The zero-order valence-corrected chi connectivity index (χ0v) is 25.3. The molecule has 4 rings (SSSR count). The van der Waals surface area contributed by atoms with Gasteiger partial charge in [0, 0.05) is 22.0 Å². The lowest BCUT2D eigenvalue weighted by Crippen LogP contribution is -2.39. The average molecular weight is 618 g/mol. The highest BCUT2D eigenvalue weighted by atomic mass is 35.5. The fraction of sp³-hybridized carbons (Fsp3) is 0.172. The number of aryl methyl sites for hydroxylation is 3. The van der Waals surface area contributed by atoms with Crippen LogP contribution < -0.4 is 9.73 Å². The van der Waals surface area contributed by atoms with Crippen LogP contribution in [0.25, 0.3) is 5.69 Å². The summed E-state index contributed by atoms with van der Waals surface area (Å²) in [6, 6.07) is 18.3. The predicted molar refractivity (Wildman–Crippen MR) is 163 cm³/mol. The Bertz CT molecular complexity index is 1720. The number of hydrogen-bond acceptors (Lipinski definition) is 4. The van der Waals surface area contributed by atoms with Crippen molar-refractivity contribution in [2.45, 2.75) is 32.6 Å². The Morgan fingerprint density at radius 1 is 0.950 bits per heavy atom. The Hall–Kier alpha value is -3.30. The molecule has 1 N–H and O–H groups in total. The molecule has 1 heterocycles. The molecule has 3 aromatic carbocycles. The molecule has 7 nitrogen and oxygen atoms in total. The highest BCUT2D eigenvalue weighted by Crippen LogP contribution is 2.31. The molecule has 0 saturated carbocycles. The number of aromatic nitrogens is 1. The van der Waals surface area contributed by atoms with Crippen molar-refractivity contribution in [2.24, 2.45) is 5.10 Å². The Balaban J connectivity index is 1.58. The van der Waals surface area contributed by atoms with Gasteiger partial charge >= 0.3 is 0 Å². The molecular weight excluding hydrogens is 591 g/mol. The number of nitrogens with zero attached hydrogens (tertiary/aromatic N) is 3. The highest BCUT2D eigenvalue weighted by molar-refractivity contribution is 7.92. The van der Waals surface area contributed by atoms with Crippen LogP contribution in [0.5, 0.6) is 0 Å². The predicted octanol–water partition coefficient (Wildman–Crippen LogP) is 7.02. The summed E-state index contributed by atoms with van der Waals surface area (Å²) in [5, 5.41) is 5.37. The number of halogens is 3. The Kier molecular flexibility index (Phi) is 8.95. The second-order valence-corrected chi connectivity index (χ2v) is 12.3. The van der Waals surface area contributed by atoms with Gasteiger partial charge in [-0.3, -0.25) is 9.10 Å². The Morgan fingerprint density at radius 3 is 2.33 bits per heavy atom. The molecule has 0 saturated heterocycles. The number of hydrazone groups is 1. The van der Waals surface area contributed by atoms with E-state index in [1.165, 1.54) is 30.5 Å². The van der Waals surface area contributed by atoms with E-state index in [0.29, 0.717) is 20.8 Å². The maximum absolute atomic E-state index is 13.6. The smallest absolute Gasteiger partial charge is 0.264 e. The van der Waals surface area contributed by atoms with E-state index in [4.69, 9.17) is 34.8 Å². The maximum Gasteiger partial charge on any atom is 0.264 e. The lowest BCUT2D eigenvalue weighted by Gasteiger charge is -2.24. The summed E-state index contributed by atoms with van der Waals surface area (Å²) in [5.41, 5.74) is 7.90. The van der Waals surface area contributed by atoms with Crippen molar-refractivity contribution in [3.05, 3.63) is 110 Å². The topological polar surface area (TPSA) is 83.8 Å². The maximum atomic E-state index is 13.6. The van der Waals surface area contributed by atoms with Gasteiger partial charge in [0.15, 0.2) is 0 Å². The van der Waals surface area contributed by atoms with Gasteiger partial charge < -0.3 is 4.57 Å². The normalized spacial score (nSPS) is 11.7. The van der Waals surface area contributed by atoms with Crippen molar-refractivity contribution in [1.82, 2.24) is 9.99 Å². The summed E-state index contributed by atoms with van der Waals surface area (Å²) in [4.78, 5) is 13.0. The number of nitrogens with one attached hydrogen (secondary N) is 1. The van der Waals surface area contributed by atoms with Crippen molar-refractivity contribution >= 4 is 62.6 Å². The van der Waals surface area contributed by atoms with Crippen molar-refractivity contribution < 1.29 is 13.2 Å². The molecule has 0 bridgehead atoms. The van der Waals surface area contributed by atoms with Crippen LogP contribution in [-0.2, 0) is 14.8 Å². The van der Waals surface area contributed by atoms with Crippen LogP contribution in [0.15, 0.2) is 76.7 Å². The first-order valence-corrected chi connectivity index (χ1v) is 14.8. The third-order valence-corrected chi connectivity index (χ3v) is 9.35. The number of hydrogen-bond donors (Lipinski definition) is 1. The number of carbonyl (C=O) groups is 1. The fourth-order valence-corrected chi connectivity index (χ4v) is 6.14. The van der Waals surface area contributed by atoms with Gasteiger partial charge in [-0.25, -0.2) is 13.8 Å². The van der Waals surface area contributed by atoms with Gasteiger partial charge in [0.05, 0.1) is 32.5 Å². The van der Waals surface area contributed by atoms with E-state index in [2.05, 4.69) is 10.5 Å². The van der Waals surface area contributed by atoms with E-state index in [1.807, 2.05) is 56.5 Å². The molecule has 40 heavy (non-hydrogen) atoms. The molecule has 4 aromatic rings. The van der Waals surface area contributed by atoms with Crippen LogP contribution in [-0.4, -0.2) is 31.7 Å². The molecular formula is C29H27Cl3N4O3S. The summed E-state index contributed by atoms with van der Waals surface area (Å²) < 4.78 is 30.2. The molecule has 0 spiro atoms. The van der Waals surface area contributed by atoms with Crippen molar-refractivity contribution in [1.29, 1.82) is 0 Å². The third kappa shape index (κ3) is 6.20. The van der Waals surface area contributed by atoms with E-state index in [0.717, 1.165) is 38.1 Å². The number of sulfonamides is 1. The van der Waals surface area contributed by atoms with Gasteiger partial charge in [-0.1, -0.05) is 46.9 Å². The quantitative estimate of drug-likeness (QED) is 0.170. The minimum atomic E-state index is -4.08. The Labute approximate surface area is 249 Å². The van der Waals surface area contributed by atoms with Crippen molar-refractivity contribution in [3.63, 3.8) is 0 Å². The molecule has 1 amide bonds. The third-order valence-electron chi connectivity index (χ3n) is 6.50. The number of rotatable bonds is 8. The van der Waals surface area contributed by atoms with Crippen LogP contribution in [0.1, 0.15) is 28.1 Å². The average Bonchev–Trinajstić information content (AvgIpc) is 3.18. The van der Waals surface area contributed by atoms with Crippen LogP contribution in [0.2, 0.25) is 15.1 Å². The molecule has 1 aromatic heterocycles. The standard InChI is InChI=1S/C29H27Cl3N4O3S/c1-18-8-11-24(14-19(18)2)35(40(38,39)25-12-9-23(30)10-13-25)17-28(37)34-33-16-22-15-20(3)36(21(22)4)27-7-5-6-26(31)29(27)32/h5-16H,17H2,1-4H3,(H,34,37)/b33-16-. The van der Waals surface area contributed by atoms with E-state index < -0.39 is 22.5 Å². The summed E-state index contributed by atoms with van der Waals surface area (Å²) >= 11 is 18.6. The first kappa shape index (κ1) is 29.7. The van der Waals surface area contributed by atoms with Crippen LogP contribution in [0, 0.1) is 27.7 Å². The lowest BCUT2D eigenvalue weighted by atomic mass is 10.1. The molecule has 0 radical (unpaired) electrons.